The van der Waals surface area contributed by atoms with E-state index in [0.717, 1.165) is 25.8 Å². The third-order valence-electron chi connectivity index (χ3n) is 3.35. The number of amides is 1. The highest BCUT2D eigenvalue weighted by Gasteiger charge is 2.26. The molecule has 0 aromatic heterocycles. The second-order valence-corrected chi connectivity index (χ2v) is 5.53. The van der Waals surface area contributed by atoms with Crippen LogP contribution in [0.2, 0.25) is 0 Å². The fraction of sp³-hybridized carbons (Fsp3) is 0.929. The lowest BCUT2D eigenvalue weighted by Gasteiger charge is -2.31. The summed E-state index contributed by atoms with van der Waals surface area (Å²) < 4.78 is 5.40. The van der Waals surface area contributed by atoms with Crippen molar-refractivity contribution in [2.75, 3.05) is 13.2 Å². The Labute approximate surface area is 110 Å². The van der Waals surface area contributed by atoms with E-state index in [9.17, 15) is 9.90 Å². The van der Waals surface area contributed by atoms with E-state index < -0.39 is 0 Å². The zero-order valence-electron chi connectivity index (χ0n) is 11.9. The lowest BCUT2D eigenvalue weighted by molar-refractivity contribution is -0.140. The number of carbonyl (C=O) groups is 1. The summed E-state index contributed by atoms with van der Waals surface area (Å²) in [5.74, 6) is 0.0660. The van der Waals surface area contributed by atoms with Crippen molar-refractivity contribution >= 4 is 5.91 Å². The topological polar surface area (TPSA) is 49.8 Å². The SMILES string of the molecule is CC(O)CC1CCCCCN1C(=O)COC(C)C. The molecule has 0 aromatic rings. The third-order valence-corrected chi connectivity index (χ3v) is 3.35. The van der Waals surface area contributed by atoms with Gasteiger partial charge in [-0.05, 0) is 40.0 Å². The molecule has 1 heterocycles. The fourth-order valence-electron chi connectivity index (χ4n) is 2.47. The molecule has 1 amide bonds. The van der Waals surface area contributed by atoms with Crippen LogP contribution in [0, 0.1) is 0 Å². The Morgan fingerprint density at radius 1 is 1.33 bits per heavy atom. The minimum Gasteiger partial charge on any atom is -0.393 e. The molecule has 1 fully saturated rings. The molecule has 2 atom stereocenters. The second-order valence-electron chi connectivity index (χ2n) is 5.53. The number of nitrogens with zero attached hydrogens (tertiary/aromatic N) is 1. The molecule has 0 radical (unpaired) electrons. The van der Waals surface area contributed by atoms with Crippen LogP contribution in [0.15, 0.2) is 0 Å². The van der Waals surface area contributed by atoms with E-state index >= 15 is 0 Å². The van der Waals surface area contributed by atoms with Crippen molar-refractivity contribution in [3.63, 3.8) is 0 Å². The maximum Gasteiger partial charge on any atom is 0.248 e. The van der Waals surface area contributed by atoms with Gasteiger partial charge in [0.25, 0.3) is 0 Å². The zero-order valence-corrected chi connectivity index (χ0v) is 11.9. The van der Waals surface area contributed by atoms with Crippen molar-refractivity contribution in [2.24, 2.45) is 0 Å². The molecular formula is C14H27NO3. The number of ether oxygens (including phenoxy) is 1. The van der Waals surface area contributed by atoms with Gasteiger partial charge in [-0.25, -0.2) is 0 Å². The summed E-state index contributed by atoms with van der Waals surface area (Å²) in [6, 6.07) is 0.177. The van der Waals surface area contributed by atoms with Crippen LogP contribution in [0.4, 0.5) is 0 Å². The van der Waals surface area contributed by atoms with Gasteiger partial charge < -0.3 is 14.7 Å². The van der Waals surface area contributed by atoms with E-state index in [1.807, 2.05) is 18.7 Å². The summed E-state index contributed by atoms with van der Waals surface area (Å²) >= 11 is 0. The number of aliphatic hydroxyl groups is 1. The normalized spacial score (nSPS) is 22.9. The van der Waals surface area contributed by atoms with Crippen molar-refractivity contribution in [3.8, 4) is 0 Å². The van der Waals surface area contributed by atoms with Gasteiger partial charge in [-0.3, -0.25) is 4.79 Å². The second kappa shape index (κ2) is 7.74. The Kier molecular flexibility index (Phi) is 6.65. The quantitative estimate of drug-likeness (QED) is 0.819. The van der Waals surface area contributed by atoms with Crippen molar-refractivity contribution in [3.05, 3.63) is 0 Å². The number of carbonyl (C=O) groups excluding carboxylic acids is 1. The van der Waals surface area contributed by atoms with Gasteiger partial charge in [-0.15, -0.1) is 0 Å². The molecule has 0 aliphatic carbocycles. The van der Waals surface area contributed by atoms with Crippen LogP contribution in [0.5, 0.6) is 0 Å². The van der Waals surface area contributed by atoms with Crippen LogP contribution >= 0.6 is 0 Å². The lowest BCUT2D eigenvalue weighted by atomic mass is 10.0. The monoisotopic (exact) mass is 257 g/mol. The Balaban J connectivity index is 2.57. The molecular weight excluding hydrogens is 230 g/mol. The fourth-order valence-corrected chi connectivity index (χ4v) is 2.47. The van der Waals surface area contributed by atoms with E-state index in [-0.39, 0.29) is 30.8 Å². The van der Waals surface area contributed by atoms with Crippen LogP contribution in [-0.2, 0) is 9.53 Å². The first-order chi connectivity index (χ1) is 8.50. The standard InChI is InChI=1S/C14H27NO3/c1-11(2)18-10-14(17)15-8-6-4-5-7-13(15)9-12(3)16/h11-13,16H,4-10H2,1-3H3. The van der Waals surface area contributed by atoms with E-state index in [4.69, 9.17) is 4.74 Å². The summed E-state index contributed by atoms with van der Waals surface area (Å²) in [6.45, 7) is 6.62. The summed E-state index contributed by atoms with van der Waals surface area (Å²) in [5.41, 5.74) is 0. The first-order valence-electron chi connectivity index (χ1n) is 7.10. The van der Waals surface area contributed by atoms with Gasteiger partial charge in [0.15, 0.2) is 0 Å². The number of likely N-dealkylation sites (tertiary alicyclic amines) is 1. The van der Waals surface area contributed by atoms with Crippen LogP contribution in [0.3, 0.4) is 0 Å². The summed E-state index contributed by atoms with van der Waals surface area (Å²) in [7, 11) is 0. The van der Waals surface area contributed by atoms with E-state index in [1.54, 1.807) is 6.92 Å². The molecule has 1 N–H and O–H groups in total. The van der Waals surface area contributed by atoms with E-state index in [0.29, 0.717) is 6.42 Å². The average molecular weight is 257 g/mol. The highest BCUT2D eigenvalue weighted by Crippen LogP contribution is 2.20. The molecule has 0 aromatic carbocycles. The van der Waals surface area contributed by atoms with Crippen LogP contribution in [0.1, 0.15) is 52.9 Å². The van der Waals surface area contributed by atoms with Crippen molar-refractivity contribution < 1.29 is 14.6 Å². The van der Waals surface area contributed by atoms with E-state index in [2.05, 4.69) is 0 Å². The Bertz CT molecular complexity index is 253. The molecule has 1 saturated heterocycles. The first-order valence-corrected chi connectivity index (χ1v) is 7.10. The highest BCUT2D eigenvalue weighted by atomic mass is 16.5. The third kappa shape index (κ3) is 5.36. The smallest absolute Gasteiger partial charge is 0.248 e. The maximum atomic E-state index is 12.2. The minimum absolute atomic E-state index is 0.0660. The molecule has 4 nitrogen and oxygen atoms in total. The van der Waals surface area contributed by atoms with Crippen molar-refractivity contribution in [2.45, 2.75) is 71.1 Å². The van der Waals surface area contributed by atoms with Gasteiger partial charge in [0.05, 0.1) is 12.2 Å². The number of aliphatic hydroxyl groups excluding tert-OH is 1. The van der Waals surface area contributed by atoms with Crippen LogP contribution in [-0.4, -0.2) is 47.3 Å². The van der Waals surface area contributed by atoms with Gasteiger partial charge in [0.1, 0.15) is 6.61 Å². The molecule has 1 aliphatic heterocycles. The van der Waals surface area contributed by atoms with Gasteiger partial charge in [0.2, 0.25) is 5.91 Å². The van der Waals surface area contributed by atoms with Crippen molar-refractivity contribution in [1.29, 1.82) is 0 Å². The molecule has 0 saturated carbocycles. The maximum absolute atomic E-state index is 12.2. The number of hydrogen-bond donors (Lipinski definition) is 1. The molecule has 0 spiro atoms. The molecule has 18 heavy (non-hydrogen) atoms. The molecule has 0 bridgehead atoms. The predicted molar refractivity (Wildman–Crippen MR) is 71.4 cm³/mol. The molecule has 2 unspecified atom stereocenters. The molecule has 4 heteroatoms. The average Bonchev–Trinajstić information content (AvgIpc) is 2.50. The van der Waals surface area contributed by atoms with Gasteiger partial charge >= 0.3 is 0 Å². The number of hydrogen-bond acceptors (Lipinski definition) is 3. The molecule has 1 rings (SSSR count). The Hall–Kier alpha value is -0.610. The largest absolute Gasteiger partial charge is 0.393 e. The molecule has 1 aliphatic rings. The van der Waals surface area contributed by atoms with Crippen LogP contribution < -0.4 is 0 Å². The minimum atomic E-state index is -0.352. The van der Waals surface area contributed by atoms with Gasteiger partial charge in [-0.2, -0.15) is 0 Å². The first kappa shape index (κ1) is 15.4. The summed E-state index contributed by atoms with van der Waals surface area (Å²) in [6.07, 6.45) is 4.78. The zero-order chi connectivity index (χ0) is 13.5. The van der Waals surface area contributed by atoms with Gasteiger partial charge in [0, 0.05) is 12.6 Å². The summed E-state index contributed by atoms with van der Waals surface area (Å²) in [4.78, 5) is 14.1. The van der Waals surface area contributed by atoms with Gasteiger partial charge in [-0.1, -0.05) is 12.8 Å². The van der Waals surface area contributed by atoms with E-state index in [1.165, 1.54) is 6.42 Å². The highest BCUT2D eigenvalue weighted by molar-refractivity contribution is 5.77. The predicted octanol–water partition coefficient (Wildman–Crippen LogP) is 1.95. The Morgan fingerprint density at radius 3 is 2.67 bits per heavy atom. The summed E-state index contributed by atoms with van der Waals surface area (Å²) in [5, 5.41) is 9.54. The van der Waals surface area contributed by atoms with Crippen LogP contribution in [0.25, 0.3) is 0 Å². The number of rotatable bonds is 5. The Morgan fingerprint density at radius 2 is 2.06 bits per heavy atom. The van der Waals surface area contributed by atoms with Crippen molar-refractivity contribution in [1.82, 2.24) is 4.90 Å². The lowest BCUT2D eigenvalue weighted by Crippen LogP contribution is -2.43. The molecule has 106 valence electrons.